The predicted molar refractivity (Wildman–Crippen MR) is 82.0 cm³/mol. The SMILES string of the molecule is CCC(Nc1cccc(C)c1Br)c1ccccc1. The lowest BCUT2D eigenvalue weighted by molar-refractivity contribution is 0.748. The summed E-state index contributed by atoms with van der Waals surface area (Å²) in [5, 5.41) is 3.61. The van der Waals surface area contributed by atoms with Crippen molar-refractivity contribution in [2.75, 3.05) is 5.32 Å². The van der Waals surface area contributed by atoms with Crippen molar-refractivity contribution in [1.29, 1.82) is 0 Å². The summed E-state index contributed by atoms with van der Waals surface area (Å²) in [7, 11) is 0. The molecule has 0 heterocycles. The van der Waals surface area contributed by atoms with Crippen molar-refractivity contribution >= 4 is 21.6 Å². The van der Waals surface area contributed by atoms with Crippen LogP contribution in [0.25, 0.3) is 0 Å². The molecule has 0 fully saturated rings. The highest BCUT2D eigenvalue weighted by Gasteiger charge is 2.10. The fourth-order valence-corrected chi connectivity index (χ4v) is 2.43. The lowest BCUT2D eigenvalue weighted by atomic mass is 10.0. The van der Waals surface area contributed by atoms with Crippen molar-refractivity contribution in [2.45, 2.75) is 26.3 Å². The van der Waals surface area contributed by atoms with Gasteiger partial charge in [-0.05, 0) is 46.5 Å². The highest BCUT2D eigenvalue weighted by Crippen LogP contribution is 2.30. The molecule has 1 nitrogen and oxygen atoms in total. The van der Waals surface area contributed by atoms with E-state index < -0.39 is 0 Å². The molecule has 1 unspecified atom stereocenters. The summed E-state index contributed by atoms with van der Waals surface area (Å²) < 4.78 is 1.15. The van der Waals surface area contributed by atoms with Gasteiger partial charge in [0.05, 0.1) is 6.04 Å². The van der Waals surface area contributed by atoms with Gasteiger partial charge in [0.2, 0.25) is 0 Å². The van der Waals surface area contributed by atoms with Gasteiger partial charge in [-0.15, -0.1) is 0 Å². The minimum absolute atomic E-state index is 0.351. The van der Waals surface area contributed by atoms with Crippen molar-refractivity contribution in [3.05, 3.63) is 64.1 Å². The minimum atomic E-state index is 0.351. The summed E-state index contributed by atoms with van der Waals surface area (Å²) in [5.41, 5.74) is 3.74. The van der Waals surface area contributed by atoms with Gasteiger partial charge in [-0.1, -0.05) is 49.4 Å². The number of nitrogens with one attached hydrogen (secondary N) is 1. The van der Waals surface area contributed by atoms with Crippen LogP contribution >= 0.6 is 15.9 Å². The maximum Gasteiger partial charge on any atom is 0.0511 e. The quantitative estimate of drug-likeness (QED) is 0.806. The molecule has 0 aromatic heterocycles. The van der Waals surface area contributed by atoms with Gasteiger partial charge in [0.25, 0.3) is 0 Å². The monoisotopic (exact) mass is 303 g/mol. The molecule has 0 bridgehead atoms. The van der Waals surface area contributed by atoms with Crippen molar-refractivity contribution < 1.29 is 0 Å². The van der Waals surface area contributed by atoms with E-state index in [4.69, 9.17) is 0 Å². The largest absolute Gasteiger partial charge is 0.377 e. The van der Waals surface area contributed by atoms with Crippen molar-refractivity contribution in [3.63, 3.8) is 0 Å². The normalized spacial score (nSPS) is 12.2. The van der Waals surface area contributed by atoms with E-state index in [-0.39, 0.29) is 0 Å². The zero-order valence-corrected chi connectivity index (χ0v) is 12.4. The molecule has 0 radical (unpaired) electrons. The molecule has 2 aromatic carbocycles. The Morgan fingerprint density at radius 2 is 1.78 bits per heavy atom. The van der Waals surface area contributed by atoms with Gasteiger partial charge >= 0.3 is 0 Å². The molecule has 2 heteroatoms. The van der Waals surface area contributed by atoms with Crippen LogP contribution in [0, 0.1) is 6.92 Å². The van der Waals surface area contributed by atoms with Gasteiger partial charge in [0, 0.05) is 10.2 Å². The molecule has 0 aliphatic rings. The molecule has 18 heavy (non-hydrogen) atoms. The average molecular weight is 304 g/mol. The maximum atomic E-state index is 3.65. The topological polar surface area (TPSA) is 12.0 Å². The zero-order valence-electron chi connectivity index (χ0n) is 10.8. The first-order valence-electron chi connectivity index (χ1n) is 6.29. The number of hydrogen-bond donors (Lipinski definition) is 1. The molecular weight excluding hydrogens is 286 g/mol. The minimum Gasteiger partial charge on any atom is -0.377 e. The predicted octanol–water partition coefficient (Wildman–Crippen LogP) is 5.32. The number of rotatable bonds is 4. The number of aryl methyl sites for hydroxylation is 1. The molecular formula is C16H18BrN. The molecule has 0 saturated carbocycles. The number of anilines is 1. The summed E-state index contributed by atoms with van der Waals surface area (Å²) in [6, 6.07) is 17.2. The third-order valence-corrected chi connectivity index (χ3v) is 4.18. The van der Waals surface area contributed by atoms with E-state index in [1.807, 2.05) is 0 Å². The first-order valence-corrected chi connectivity index (χ1v) is 7.08. The third kappa shape index (κ3) is 2.94. The van der Waals surface area contributed by atoms with Crippen LogP contribution in [-0.4, -0.2) is 0 Å². The molecule has 2 aromatic rings. The Balaban J connectivity index is 2.24. The third-order valence-electron chi connectivity index (χ3n) is 3.13. The van der Waals surface area contributed by atoms with Crippen LogP contribution in [0.4, 0.5) is 5.69 Å². The summed E-state index contributed by atoms with van der Waals surface area (Å²) in [6.45, 7) is 4.31. The fourth-order valence-electron chi connectivity index (χ4n) is 2.05. The van der Waals surface area contributed by atoms with Gasteiger partial charge in [-0.2, -0.15) is 0 Å². The van der Waals surface area contributed by atoms with Crippen LogP contribution in [0.3, 0.4) is 0 Å². The van der Waals surface area contributed by atoms with E-state index >= 15 is 0 Å². The van der Waals surface area contributed by atoms with Gasteiger partial charge in [-0.3, -0.25) is 0 Å². The molecule has 0 saturated heterocycles. The number of hydrogen-bond acceptors (Lipinski definition) is 1. The van der Waals surface area contributed by atoms with E-state index in [0.717, 1.165) is 16.6 Å². The highest BCUT2D eigenvalue weighted by atomic mass is 79.9. The first-order chi connectivity index (χ1) is 8.72. The van der Waals surface area contributed by atoms with E-state index in [1.54, 1.807) is 0 Å². The summed E-state index contributed by atoms with van der Waals surface area (Å²) in [4.78, 5) is 0. The van der Waals surface area contributed by atoms with Crippen LogP contribution in [0.5, 0.6) is 0 Å². The Morgan fingerprint density at radius 3 is 2.44 bits per heavy atom. The van der Waals surface area contributed by atoms with E-state index in [0.29, 0.717) is 6.04 Å². The Hall–Kier alpha value is -1.28. The van der Waals surface area contributed by atoms with E-state index in [1.165, 1.54) is 11.1 Å². The first kappa shape index (κ1) is 13.2. The summed E-state index contributed by atoms with van der Waals surface area (Å²) in [5.74, 6) is 0. The molecule has 0 aliphatic carbocycles. The second-order valence-corrected chi connectivity index (χ2v) is 5.25. The second kappa shape index (κ2) is 6.05. The lowest BCUT2D eigenvalue weighted by Crippen LogP contribution is -2.10. The second-order valence-electron chi connectivity index (χ2n) is 4.45. The van der Waals surface area contributed by atoms with E-state index in [9.17, 15) is 0 Å². The maximum absolute atomic E-state index is 3.65. The van der Waals surface area contributed by atoms with Gasteiger partial charge in [-0.25, -0.2) is 0 Å². The molecule has 94 valence electrons. The van der Waals surface area contributed by atoms with Gasteiger partial charge < -0.3 is 5.32 Å². The number of benzene rings is 2. The molecule has 0 amide bonds. The smallest absolute Gasteiger partial charge is 0.0511 e. The Kier molecular flexibility index (Phi) is 4.43. The van der Waals surface area contributed by atoms with E-state index in [2.05, 4.69) is 83.6 Å². The Bertz CT molecular complexity index is 508. The van der Waals surface area contributed by atoms with Crippen molar-refractivity contribution in [3.8, 4) is 0 Å². The van der Waals surface area contributed by atoms with Crippen molar-refractivity contribution in [1.82, 2.24) is 0 Å². The standard InChI is InChI=1S/C16H18BrN/c1-3-14(13-9-5-4-6-10-13)18-15-11-7-8-12(2)16(15)17/h4-11,14,18H,3H2,1-2H3. The summed E-state index contributed by atoms with van der Waals surface area (Å²) >= 11 is 3.65. The molecule has 0 spiro atoms. The van der Waals surface area contributed by atoms with Crippen LogP contribution in [-0.2, 0) is 0 Å². The van der Waals surface area contributed by atoms with Crippen molar-refractivity contribution in [2.24, 2.45) is 0 Å². The van der Waals surface area contributed by atoms with Gasteiger partial charge in [0.15, 0.2) is 0 Å². The Labute approximate surface area is 117 Å². The van der Waals surface area contributed by atoms with Crippen LogP contribution < -0.4 is 5.32 Å². The molecule has 2 rings (SSSR count). The fraction of sp³-hybridized carbons (Fsp3) is 0.250. The summed E-state index contributed by atoms with van der Waals surface area (Å²) in [6.07, 6.45) is 1.06. The zero-order chi connectivity index (χ0) is 13.0. The van der Waals surface area contributed by atoms with Crippen LogP contribution in [0.1, 0.15) is 30.5 Å². The molecule has 0 aliphatic heterocycles. The molecule has 1 N–H and O–H groups in total. The average Bonchev–Trinajstić information content (AvgIpc) is 2.41. The van der Waals surface area contributed by atoms with Crippen LogP contribution in [0.15, 0.2) is 53.0 Å². The Morgan fingerprint density at radius 1 is 1.06 bits per heavy atom. The highest BCUT2D eigenvalue weighted by molar-refractivity contribution is 9.10. The lowest BCUT2D eigenvalue weighted by Gasteiger charge is -2.20. The van der Waals surface area contributed by atoms with Crippen LogP contribution in [0.2, 0.25) is 0 Å². The van der Waals surface area contributed by atoms with Gasteiger partial charge in [0.1, 0.15) is 0 Å². The molecule has 1 atom stereocenters. The number of halogens is 1.